The first-order valence-electron chi connectivity index (χ1n) is 11.3. The first-order valence-corrected chi connectivity index (χ1v) is 12.0. The fourth-order valence-corrected chi connectivity index (χ4v) is 5.94. The van der Waals surface area contributed by atoms with Crippen LogP contribution >= 0.6 is 15.9 Å². The molecule has 0 aromatic heterocycles. The topological polar surface area (TPSA) is 61.9 Å². The first kappa shape index (κ1) is 21.3. The molecule has 1 aliphatic carbocycles. The summed E-state index contributed by atoms with van der Waals surface area (Å²) in [6.45, 7) is 4.59. The number of nitrogens with zero attached hydrogens (tertiary/aromatic N) is 2. The number of carbonyl (C=O) groups is 2. The predicted molar refractivity (Wildman–Crippen MR) is 126 cm³/mol. The molecule has 32 heavy (non-hydrogen) atoms. The molecule has 2 aliphatic heterocycles. The van der Waals surface area contributed by atoms with Gasteiger partial charge in [0.2, 0.25) is 0 Å². The molecule has 0 radical (unpaired) electrons. The molecule has 5 rings (SSSR count). The van der Waals surface area contributed by atoms with E-state index in [1.165, 1.54) is 0 Å². The van der Waals surface area contributed by atoms with Crippen LogP contribution in [0.3, 0.4) is 0 Å². The monoisotopic (exact) mass is 497 g/mol. The van der Waals surface area contributed by atoms with E-state index in [0.717, 1.165) is 47.0 Å². The molecule has 0 bridgehead atoms. The van der Waals surface area contributed by atoms with Crippen molar-refractivity contribution in [2.24, 2.45) is 0 Å². The highest BCUT2D eigenvalue weighted by Crippen LogP contribution is 2.45. The molecule has 3 aliphatic rings. The number of anilines is 1. The van der Waals surface area contributed by atoms with Gasteiger partial charge in [0.25, 0.3) is 0 Å². The summed E-state index contributed by atoms with van der Waals surface area (Å²) in [7, 11) is 0. The first-order chi connectivity index (χ1) is 15.3. The molecule has 7 heteroatoms. The molecule has 2 aromatic rings. The summed E-state index contributed by atoms with van der Waals surface area (Å²) in [5.41, 5.74) is 2.52. The summed E-state index contributed by atoms with van der Waals surface area (Å²) in [5.74, 6) is 0. The molecule has 1 atom stereocenters. The maximum atomic E-state index is 12.9. The third-order valence-corrected chi connectivity index (χ3v) is 7.52. The van der Waals surface area contributed by atoms with Crippen LogP contribution < -0.4 is 5.32 Å². The summed E-state index contributed by atoms with van der Waals surface area (Å²) in [5, 5.41) is 3.03. The zero-order valence-corrected chi connectivity index (χ0v) is 20.0. The van der Waals surface area contributed by atoms with Crippen molar-refractivity contribution in [3.8, 4) is 0 Å². The molecule has 2 aromatic carbocycles. The van der Waals surface area contributed by atoms with Gasteiger partial charge in [-0.2, -0.15) is 0 Å². The molecule has 6 nitrogen and oxygen atoms in total. The summed E-state index contributed by atoms with van der Waals surface area (Å²) in [6, 6.07) is 16.2. The van der Waals surface area contributed by atoms with Crippen LogP contribution in [0.25, 0.3) is 0 Å². The molecule has 1 N–H and O–H groups in total. The van der Waals surface area contributed by atoms with Gasteiger partial charge in [0.05, 0.1) is 6.04 Å². The molecule has 0 spiro atoms. The van der Waals surface area contributed by atoms with E-state index < -0.39 is 5.60 Å². The quantitative estimate of drug-likeness (QED) is 0.558. The lowest BCUT2D eigenvalue weighted by Gasteiger charge is -2.42. The minimum absolute atomic E-state index is 0.0350. The van der Waals surface area contributed by atoms with Gasteiger partial charge in [-0.25, -0.2) is 9.59 Å². The highest BCUT2D eigenvalue weighted by atomic mass is 79.9. The highest BCUT2D eigenvalue weighted by Gasteiger charge is 2.51. The second kappa shape index (κ2) is 8.10. The predicted octanol–water partition coefficient (Wildman–Crippen LogP) is 6.08. The van der Waals surface area contributed by atoms with Crippen molar-refractivity contribution in [3.63, 3.8) is 0 Å². The smallest absolute Gasteiger partial charge is 0.411 e. The Balaban J connectivity index is 1.31. The molecule has 168 valence electrons. The van der Waals surface area contributed by atoms with Gasteiger partial charge in [0, 0.05) is 28.8 Å². The average molecular weight is 498 g/mol. The van der Waals surface area contributed by atoms with Crippen molar-refractivity contribution in [3.05, 3.63) is 64.1 Å². The molecule has 2 fully saturated rings. The minimum atomic E-state index is -0.584. The van der Waals surface area contributed by atoms with Crippen LogP contribution in [0.5, 0.6) is 0 Å². The van der Waals surface area contributed by atoms with Gasteiger partial charge in [-0.1, -0.05) is 46.3 Å². The van der Waals surface area contributed by atoms with E-state index in [-0.39, 0.29) is 30.2 Å². The second-order valence-electron chi connectivity index (χ2n) is 9.51. The summed E-state index contributed by atoms with van der Waals surface area (Å²) in [6.07, 6.45) is 3.21. The number of hydrogen-bond acceptors (Lipinski definition) is 3. The number of rotatable bonds is 3. The molecule has 1 saturated carbocycles. The van der Waals surface area contributed by atoms with Gasteiger partial charge >= 0.3 is 12.1 Å². The Kier molecular flexibility index (Phi) is 5.40. The zero-order chi connectivity index (χ0) is 22.5. The van der Waals surface area contributed by atoms with Crippen LogP contribution in [0.15, 0.2) is 53.0 Å². The Morgan fingerprint density at radius 3 is 2.41 bits per heavy atom. The number of fused-ring (bicyclic) bond motifs is 1. The Hall–Kier alpha value is -2.54. The van der Waals surface area contributed by atoms with Crippen molar-refractivity contribution < 1.29 is 14.3 Å². The van der Waals surface area contributed by atoms with Gasteiger partial charge in [0.1, 0.15) is 5.60 Å². The standard InChI is InChI=1S/C25H28BrN3O3/c1-25(2)22(16-6-4-3-5-7-16)29(24(31)32-25)20-11-9-19(10-12-20)28-15-17-14-18(26)8-13-21(17)27-23(28)30/h3-8,13-14,19-20,22H,9-12,15H2,1-2H3,(H,27,30). The number of halogens is 1. The lowest BCUT2D eigenvalue weighted by Crippen LogP contribution is -2.49. The number of carbonyl (C=O) groups excluding carboxylic acids is 2. The number of benzene rings is 2. The SMILES string of the molecule is CC1(C)OC(=O)N(C2CCC(N3Cc4cc(Br)ccc4NC3=O)CC2)C1c1ccccc1. The van der Waals surface area contributed by atoms with Crippen molar-refractivity contribution in [1.82, 2.24) is 9.80 Å². The molecule has 3 amide bonds. The molecular weight excluding hydrogens is 470 g/mol. The molecule has 1 saturated heterocycles. The Bertz CT molecular complexity index is 1030. The minimum Gasteiger partial charge on any atom is -0.441 e. The van der Waals surface area contributed by atoms with E-state index in [0.29, 0.717) is 6.54 Å². The molecule has 2 heterocycles. The summed E-state index contributed by atoms with van der Waals surface area (Å²) >= 11 is 3.53. The number of ether oxygens (including phenoxy) is 1. The van der Waals surface area contributed by atoms with Crippen LogP contribution in [0, 0.1) is 0 Å². The third kappa shape index (κ3) is 3.76. The van der Waals surface area contributed by atoms with E-state index in [9.17, 15) is 9.59 Å². The fourth-order valence-electron chi connectivity index (χ4n) is 5.53. The van der Waals surface area contributed by atoms with Crippen molar-refractivity contribution >= 4 is 33.7 Å². The van der Waals surface area contributed by atoms with E-state index in [4.69, 9.17) is 4.74 Å². The van der Waals surface area contributed by atoms with E-state index in [1.807, 2.05) is 54.0 Å². The Labute approximate surface area is 197 Å². The van der Waals surface area contributed by atoms with E-state index >= 15 is 0 Å². The van der Waals surface area contributed by atoms with Crippen molar-refractivity contribution in [2.45, 2.75) is 69.8 Å². The molecular formula is C25H28BrN3O3. The fraction of sp³-hybridized carbons (Fsp3) is 0.440. The van der Waals surface area contributed by atoms with Crippen LogP contribution in [0.4, 0.5) is 15.3 Å². The average Bonchev–Trinajstić information content (AvgIpc) is 3.02. The molecule has 1 unspecified atom stereocenters. The Morgan fingerprint density at radius 2 is 1.69 bits per heavy atom. The van der Waals surface area contributed by atoms with Crippen LogP contribution in [-0.2, 0) is 11.3 Å². The van der Waals surface area contributed by atoms with Crippen molar-refractivity contribution in [1.29, 1.82) is 0 Å². The van der Waals surface area contributed by atoms with Crippen LogP contribution in [0.1, 0.15) is 56.7 Å². The zero-order valence-electron chi connectivity index (χ0n) is 18.4. The van der Waals surface area contributed by atoms with Crippen LogP contribution in [0.2, 0.25) is 0 Å². The van der Waals surface area contributed by atoms with Gasteiger partial charge in [0.15, 0.2) is 0 Å². The largest absolute Gasteiger partial charge is 0.441 e. The second-order valence-corrected chi connectivity index (χ2v) is 10.4. The normalized spacial score (nSPS) is 27.0. The van der Waals surface area contributed by atoms with Crippen molar-refractivity contribution in [2.75, 3.05) is 5.32 Å². The number of nitrogens with one attached hydrogen (secondary N) is 1. The van der Waals surface area contributed by atoms with Gasteiger partial charge in [-0.05, 0) is 68.9 Å². The summed E-state index contributed by atoms with van der Waals surface area (Å²) in [4.78, 5) is 29.6. The van der Waals surface area contributed by atoms with Gasteiger partial charge in [-0.15, -0.1) is 0 Å². The number of amides is 3. The number of cyclic esters (lactones) is 1. The number of hydrogen-bond donors (Lipinski definition) is 1. The van der Waals surface area contributed by atoms with Gasteiger partial charge < -0.3 is 15.0 Å². The lowest BCUT2D eigenvalue weighted by atomic mass is 9.85. The third-order valence-electron chi connectivity index (χ3n) is 7.02. The van der Waals surface area contributed by atoms with E-state index in [2.05, 4.69) is 39.4 Å². The maximum Gasteiger partial charge on any atom is 0.411 e. The highest BCUT2D eigenvalue weighted by molar-refractivity contribution is 9.10. The van der Waals surface area contributed by atoms with E-state index in [1.54, 1.807) is 0 Å². The lowest BCUT2D eigenvalue weighted by molar-refractivity contribution is 0.0657. The summed E-state index contributed by atoms with van der Waals surface area (Å²) < 4.78 is 6.81. The van der Waals surface area contributed by atoms with Crippen LogP contribution in [-0.4, -0.2) is 39.6 Å². The maximum absolute atomic E-state index is 12.9. The van der Waals surface area contributed by atoms with Gasteiger partial charge in [-0.3, -0.25) is 4.90 Å². The number of urea groups is 1. The Morgan fingerprint density at radius 1 is 1.00 bits per heavy atom.